The number of para-hydroxylation sites is 1. The molecular formula is C29H32N6O2. The van der Waals surface area contributed by atoms with Crippen molar-refractivity contribution in [2.75, 3.05) is 36.4 Å². The molecule has 1 fully saturated rings. The molecule has 2 heterocycles. The van der Waals surface area contributed by atoms with Crippen LogP contribution in [0.25, 0.3) is 5.69 Å². The third-order valence-corrected chi connectivity index (χ3v) is 6.79. The smallest absolute Gasteiger partial charge is 0.350 e. The highest BCUT2D eigenvalue weighted by Crippen LogP contribution is 2.26. The summed E-state index contributed by atoms with van der Waals surface area (Å²) in [5, 5.41) is 7.35. The van der Waals surface area contributed by atoms with E-state index in [-0.39, 0.29) is 23.7 Å². The van der Waals surface area contributed by atoms with Crippen molar-refractivity contribution >= 4 is 17.3 Å². The largest absolute Gasteiger partial charge is 0.369 e. The van der Waals surface area contributed by atoms with Gasteiger partial charge in [-0.3, -0.25) is 14.3 Å². The lowest BCUT2D eigenvalue weighted by atomic mass is 10.0. The minimum absolute atomic E-state index is 0.0264. The zero-order chi connectivity index (χ0) is 25.8. The van der Waals surface area contributed by atoms with Crippen molar-refractivity contribution in [3.8, 4) is 5.69 Å². The molecule has 1 amide bonds. The fourth-order valence-electron chi connectivity index (χ4n) is 4.79. The Morgan fingerprint density at radius 2 is 1.41 bits per heavy atom. The summed E-state index contributed by atoms with van der Waals surface area (Å²) >= 11 is 0. The van der Waals surface area contributed by atoms with Gasteiger partial charge in [-0.1, -0.05) is 48.5 Å². The first-order valence-corrected chi connectivity index (χ1v) is 12.7. The summed E-state index contributed by atoms with van der Waals surface area (Å²) in [6.07, 6.45) is 1.58. The summed E-state index contributed by atoms with van der Waals surface area (Å²) in [4.78, 5) is 30.6. The SMILES string of the molecule is CC(C)n1cnn(-c2ccc(N3CCN(C(C(=O)Nc4ccccc4)c4ccccc4)CC3)cc2)c1=O. The lowest BCUT2D eigenvalue weighted by Crippen LogP contribution is -2.50. The molecule has 1 aromatic heterocycles. The summed E-state index contributed by atoms with van der Waals surface area (Å²) in [7, 11) is 0. The van der Waals surface area contributed by atoms with Crippen LogP contribution in [0.1, 0.15) is 31.5 Å². The first-order valence-electron chi connectivity index (χ1n) is 12.7. The minimum Gasteiger partial charge on any atom is -0.369 e. The lowest BCUT2D eigenvalue weighted by molar-refractivity contribution is -0.121. The third-order valence-electron chi connectivity index (χ3n) is 6.79. The number of anilines is 2. The lowest BCUT2D eigenvalue weighted by Gasteiger charge is -2.39. The number of carbonyl (C=O) groups is 1. The molecule has 190 valence electrons. The highest BCUT2D eigenvalue weighted by Gasteiger charge is 2.30. The van der Waals surface area contributed by atoms with Crippen LogP contribution in [0.3, 0.4) is 0 Å². The maximum atomic E-state index is 13.4. The van der Waals surface area contributed by atoms with Gasteiger partial charge in [-0.15, -0.1) is 0 Å². The topological polar surface area (TPSA) is 75.4 Å². The quantitative estimate of drug-likeness (QED) is 0.417. The van der Waals surface area contributed by atoms with E-state index in [2.05, 4.69) is 20.2 Å². The van der Waals surface area contributed by atoms with Gasteiger partial charge in [0.05, 0.1) is 5.69 Å². The van der Waals surface area contributed by atoms with Crippen LogP contribution in [-0.4, -0.2) is 51.3 Å². The number of carbonyl (C=O) groups excluding carboxylic acids is 1. The van der Waals surface area contributed by atoms with Gasteiger partial charge in [0.2, 0.25) is 5.91 Å². The maximum Gasteiger partial charge on any atom is 0.350 e. The van der Waals surface area contributed by atoms with Gasteiger partial charge < -0.3 is 10.2 Å². The van der Waals surface area contributed by atoms with Crippen molar-refractivity contribution in [2.45, 2.75) is 25.9 Å². The summed E-state index contributed by atoms with van der Waals surface area (Å²) in [5.41, 5.74) is 3.47. The molecule has 0 saturated carbocycles. The number of nitrogens with zero attached hydrogens (tertiary/aromatic N) is 5. The highest BCUT2D eigenvalue weighted by molar-refractivity contribution is 5.95. The van der Waals surface area contributed by atoms with Gasteiger partial charge in [-0.05, 0) is 55.8 Å². The Morgan fingerprint density at radius 1 is 0.811 bits per heavy atom. The molecule has 0 bridgehead atoms. The number of aromatic nitrogens is 3. The van der Waals surface area contributed by atoms with E-state index >= 15 is 0 Å². The Hall–Kier alpha value is -4.17. The van der Waals surface area contributed by atoms with Crippen molar-refractivity contribution < 1.29 is 4.79 Å². The predicted octanol–water partition coefficient (Wildman–Crippen LogP) is 4.12. The molecule has 8 nitrogen and oxygen atoms in total. The highest BCUT2D eigenvalue weighted by atomic mass is 16.2. The number of rotatable bonds is 7. The van der Waals surface area contributed by atoms with Crippen molar-refractivity contribution in [2.24, 2.45) is 0 Å². The molecule has 1 N–H and O–H groups in total. The van der Waals surface area contributed by atoms with Crippen LogP contribution in [0.15, 0.2) is 96.1 Å². The minimum atomic E-state index is -0.367. The fraction of sp³-hybridized carbons (Fsp3) is 0.276. The van der Waals surface area contributed by atoms with Crippen LogP contribution in [0.4, 0.5) is 11.4 Å². The molecule has 3 aromatic carbocycles. The second kappa shape index (κ2) is 10.8. The standard InChI is InChI=1S/C29H32N6O2/c1-22(2)34-21-30-35(29(34)37)26-15-13-25(14-16-26)32-17-19-33(20-18-32)27(23-9-5-3-6-10-23)28(36)31-24-11-7-4-8-12-24/h3-16,21-22,27H,17-20H2,1-2H3,(H,31,36). The van der Waals surface area contributed by atoms with Crippen molar-refractivity contribution in [1.82, 2.24) is 19.2 Å². The molecule has 8 heteroatoms. The molecule has 1 aliphatic heterocycles. The van der Waals surface area contributed by atoms with E-state index in [4.69, 9.17) is 0 Å². The molecular weight excluding hydrogens is 464 g/mol. The van der Waals surface area contributed by atoms with Gasteiger partial charge in [0.15, 0.2) is 0 Å². The first kappa shape index (κ1) is 24.5. The zero-order valence-corrected chi connectivity index (χ0v) is 21.2. The van der Waals surface area contributed by atoms with Crippen LogP contribution in [0.2, 0.25) is 0 Å². The van der Waals surface area contributed by atoms with Crippen LogP contribution in [0.5, 0.6) is 0 Å². The van der Waals surface area contributed by atoms with Crippen molar-refractivity contribution in [3.63, 3.8) is 0 Å². The Kier molecular flexibility index (Phi) is 7.18. The monoisotopic (exact) mass is 496 g/mol. The van der Waals surface area contributed by atoms with E-state index in [1.807, 2.05) is 98.8 Å². The number of amides is 1. The Bertz CT molecular complexity index is 1370. The predicted molar refractivity (Wildman–Crippen MR) is 146 cm³/mol. The number of hydrogen-bond acceptors (Lipinski definition) is 5. The molecule has 1 atom stereocenters. The third kappa shape index (κ3) is 5.34. The van der Waals surface area contributed by atoms with Gasteiger partial charge in [0.25, 0.3) is 0 Å². The van der Waals surface area contributed by atoms with Crippen molar-refractivity contribution in [1.29, 1.82) is 0 Å². The van der Waals surface area contributed by atoms with E-state index in [1.165, 1.54) is 4.68 Å². The fourth-order valence-corrected chi connectivity index (χ4v) is 4.79. The van der Waals surface area contributed by atoms with E-state index < -0.39 is 0 Å². The van der Waals surface area contributed by atoms with E-state index in [0.717, 1.165) is 48.8 Å². The van der Waals surface area contributed by atoms with Crippen LogP contribution in [-0.2, 0) is 4.79 Å². The van der Waals surface area contributed by atoms with E-state index in [9.17, 15) is 9.59 Å². The summed E-state index contributed by atoms with van der Waals surface area (Å²) in [6, 6.07) is 27.2. The number of benzene rings is 3. The van der Waals surface area contributed by atoms with Crippen LogP contribution >= 0.6 is 0 Å². The maximum absolute atomic E-state index is 13.4. The number of hydrogen-bond donors (Lipinski definition) is 1. The Balaban J connectivity index is 1.28. The molecule has 37 heavy (non-hydrogen) atoms. The van der Waals surface area contributed by atoms with Gasteiger partial charge in [-0.2, -0.15) is 9.78 Å². The summed E-state index contributed by atoms with van der Waals surface area (Å²) < 4.78 is 3.04. The van der Waals surface area contributed by atoms with Gasteiger partial charge in [0.1, 0.15) is 12.4 Å². The second-order valence-corrected chi connectivity index (χ2v) is 9.53. The molecule has 1 unspecified atom stereocenters. The second-order valence-electron chi connectivity index (χ2n) is 9.53. The average molecular weight is 497 g/mol. The first-order chi connectivity index (χ1) is 18.0. The Morgan fingerprint density at radius 3 is 2.00 bits per heavy atom. The van der Waals surface area contributed by atoms with Gasteiger partial charge in [0, 0.05) is 43.6 Å². The molecule has 1 aliphatic rings. The normalized spacial score (nSPS) is 15.1. The molecule has 4 aromatic rings. The number of piperazine rings is 1. The van der Waals surface area contributed by atoms with E-state index in [0.29, 0.717) is 0 Å². The van der Waals surface area contributed by atoms with Crippen molar-refractivity contribution in [3.05, 3.63) is 107 Å². The van der Waals surface area contributed by atoms with Gasteiger partial charge >= 0.3 is 5.69 Å². The van der Waals surface area contributed by atoms with E-state index in [1.54, 1.807) is 10.9 Å². The average Bonchev–Trinajstić information content (AvgIpc) is 3.32. The molecule has 1 saturated heterocycles. The zero-order valence-electron chi connectivity index (χ0n) is 21.2. The molecule has 0 aliphatic carbocycles. The Labute approximate surface area is 216 Å². The molecule has 0 spiro atoms. The van der Waals surface area contributed by atoms with Crippen LogP contribution in [0, 0.1) is 0 Å². The summed E-state index contributed by atoms with van der Waals surface area (Å²) in [6.45, 7) is 7.02. The molecule has 5 rings (SSSR count). The van der Waals surface area contributed by atoms with Crippen LogP contribution < -0.4 is 15.9 Å². The van der Waals surface area contributed by atoms with Gasteiger partial charge in [-0.25, -0.2) is 4.79 Å². The molecule has 0 radical (unpaired) electrons. The number of nitrogens with one attached hydrogen (secondary N) is 1. The summed E-state index contributed by atoms with van der Waals surface area (Å²) in [5.74, 6) is -0.0264.